The van der Waals surface area contributed by atoms with Gasteiger partial charge in [-0.1, -0.05) is 19.8 Å². The molecule has 1 aliphatic rings. The number of amides is 1. The number of hydrogen-bond donors (Lipinski definition) is 1. The second-order valence-corrected chi connectivity index (χ2v) is 5.85. The van der Waals surface area contributed by atoms with Crippen molar-refractivity contribution in [2.45, 2.75) is 58.7 Å². The van der Waals surface area contributed by atoms with Gasteiger partial charge in [-0.15, -0.1) is 0 Å². The Bertz CT molecular complexity index is 254. The first kappa shape index (κ1) is 14.3. The molecule has 0 aromatic rings. The maximum absolute atomic E-state index is 11.6. The van der Waals surface area contributed by atoms with Crippen molar-refractivity contribution >= 4 is 6.09 Å². The molecular weight excluding hydrogens is 218 g/mol. The molecule has 0 bridgehead atoms. The summed E-state index contributed by atoms with van der Waals surface area (Å²) in [5.74, 6) is 0.231. The Kier molecular flexibility index (Phi) is 4.80. The van der Waals surface area contributed by atoms with Crippen LogP contribution in [-0.2, 0) is 4.74 Å². The summed E-state index contributed by atoms with van der Waals surface area (Å²) >= 11 is 0. The summed E-state index contributed by atoms with van der Waals surface area (Å²) in [6.07, 6.45) is 2.44. The molecule has 100 valence electrons. The molecule has 1 aliphatic heterocycles. The first-order valence-corrected chi connectivity index (χ1v) is 6.49. The van der Waals surface area contributed by atoms with Crippen LogP contribution in [-0.4, -0.2) is 40.9 Å². The molecule has 17 heavy (non-hydrogen) atoms. The zero-order valence-corrected chi connectivity index (χ0v) is 11.4. The predicted octanol–water partition coefficient (Wildman–Crippen LogP) is 2.40. The summed E-state index contributed by atoms with van der Waals surface area (Å²) in [6, 6.07) is 0. The normalized spacial score (nSPS) is 18.8. The molecule has 0 aromatic heterocycles. The Hall–Kier alpha value is -0.770. The van der Waals surface area contributed by atoms with Gasteiger partial charge in [0.2, 0.25) is 0 Å². The van der Waals surface area contributed by atoms with E-state index in [2.05, 4.69) is 6.92 Å². The molecule has 0 spiro atoms. The van der Waals surface area contributed by atoms with Crippen LogP contribution in [0.25, 0.3) is 0 Å². The fourth-order valence-electron chi connectivity index (χ4n) is 1.88. The Morgan fingerprint density at radius 1 is 1.47 bits per heavy atom. The fraction of sp³-hybridized carbons (Fsp3) is 0.923. The smallest absolute Gasteiger partial charge is 0.410 e. The number of carbonyl (C=O) groups is 1. The van der Waals surface area contributed by atoms with E-state index in [1.807, 2.05) is 20.8 Å². The molecule has 0 saturated carbocycles. The van der Waals surface area contributed by atoms with Crippen LogP contribution in [0.1, 0.15) is 47.0 Å². The Labute approximate surface area is 104 Å². The molecule has 1 fully saturated rings. The van der Waals surface area contributed by atoms with Crippen molar-refractivity contribution in [2.24, 2.45) is 5.92 Å². The third-order valence-electron chi connectivity index (χ3n) is 2.96. The van der Waals surface area contributed by atoms with Crippen LogP contribution in [0.2, 0.25) is 0 Å². The molecule has 4 heteroatoms. The number of rotatable bonds is 4. The van der Waals surface area contributed by atoms with Gasteiger partial charge in [0.15, 0.2) is 0 Å². The minimum absolute atomic E-state index is 0.231. The largest absolute Gasteiger partial charge is 0.444 e. The standard InChI is InChI=1S/C13H25NO3/c1-5-6-7-11(15)10-8-14(9-10)12(16)17-13(2,3)4/h10-11,15H,5-9H2,1-4H3/t11-/m1/s1. The van der Waals surface area contributed by atoms with Gasteiger partial charge in [-0.25, -0.2) is 4.79 Å². The molecular formula is C13H25NO3. The average Bonchev–Trinajstić information content (AvgIpc) is 2.09. The van der Waals surface area contributed by atoms with Crippen LogP contribution >= 0.6 is 0 Å². The van der Waals surface area contributed by atoms with E-state index < -0.39 is 5.60 Å². The minimum Gasteiger partial charge on any atom is -0.444 e. The van der Waals surface area contributed by atoms with E-state index >= 15 is 0 Å². The molecule has 0 aliphatic carbocycles. The van der Waals surface area contributed by atoms with Gasteiger partial charge in [-0.2, -0.15) is 0 Å². The van der Waals surface area contributed by atoms with Crippen molar-refractivity contribution < 1.29 is 14.6 Å². The van der Waals surface area contributed by atoms with Crippen LogP contribution in [0, 0.1) is 5.92 Å². The lowest BCUT2D eigenvalue weighted by molar-refractivity contribution is -0.0327. The summed E-state index contributed by atoms with van der Waals surface area (Å²) in [4.78, 5) is 13.3. The third kappa shape index (κ3) is 4.54. The van der Waals surface area contributed by atoms with Gasteiger partial charge < -0.3 is 14.7 Å². The van der Waals surface area contributed by atoms with E-state index in [1.165, 1.54) is 0 Å². The van der Waals surface area contributed by atoms with E-state index in [-0.39, 0.29) is 18.1 Å². The highest BCUT2D eigenvalue weighted by Crippen LogP contribution is 2.24. The molecule has 1 heterocycles. The van der Waals surface area contributed by atoms with Gasteiger partial charge in [0.1, 0.15) is 5.60 Å². The van der Waals surface area contributed by atoms with Gasteiger partial charge in [0.05, 0.1) is 6.10 Å². The number of ether oxygens (including phenoxy) is 1. The fourth-order valence-corrected chi connectivity index (χ4v) is 1.88. The number of likely N-dealkylation sites (tertiary alicyclic amines) is 1. The molecule has 4 nitrogen and oxygen atoms in total. The van der Waals surface area contributed by atoms with Crippen molar-refractivity contribution in [2.75, 3.05) is 13.1 Å². The van der Waals surface area contributed by atoms with Gasteiger partial charge in [0.25, 0.3) is 0 Å². The SMILES string of the molecule is CCCC[C@@H](O)C1CN(C(=O)OC(C)(C)C)C1. The molecule has 1 atom stereocenters. The Balaban J connectivity index is 2.24. The molecule has 1 saturated heterocycles. The van der Waals surface area contributed by atoms with Crippen LogP contribution in [0.3, 0.4) is 0 Å². The van der Waals surface area contributed by atoms with E-state index in [9.17, 15) is 9.90 Å². The summed E-state index contributed by atoms with van der Waals surface area (Å²) in [6.45, 7) is 8.94. The number of unbranched alkanes of at least 4 members (excludes halogenated alkanes) is 1. The van der Waals surface area contributed by atoms with E-state index in [0.717, 1.165) is 19.3 Å². The van der Waals surface area contributed by atoms with Crippen molar-refractivity contribution in [3.63, 3.8) is 0 Å². The summed E-state index contributed by atoms with van der Waals surface area (Å²) in [7, 11) is 0. The highest BCUT2D eigenvalue weighted by Gasteiger charge is 2.37. The Morgan fingerprint density at radius 2 is 2.06 bits per heavy atom. The number of hydrogen-bond acceptors (Lipinski definition) is 3. The molecule has 0 aromatic carbocycles. The molecule has 0 unspecified atom stereocenters. The average molecular weight is 243 g/mol. The summed E-state index contributed by atoms with van der Waals surface area (Å²) in [5, 5.41) is 9.85. The second kappa shape index (κ2) is 5.71. The highest BCUT2D eigenvalue weighted by molar-refractivity contribution is 5.69. The van der Waals surface area contributed by atoms with Crippen LogP contribution in [0.15, 0.2) is 0 Å². The maximum atomic E-state index is 11.6. The monoisotopic (exact) mass is 243 g/mol. The van der Waals surface area contributed by atoms with Gasteiger partial charge in [-0.3, -0.25) is 0 Å². The quantitative estimate of drug-likeness (QED) is 0.825. The summed E-state index contributed by atoms with van der Waals surface area (Å²) < 4.78 is 5.26. The third-order valence-corrected chi connectivity index (χ3v) is 2.96. The van der Waals surface area contributed by atoms with Gasteiger partial charge in [-0.05, 0) is 27.2 Å². The lowest BCUT2D eigenvalue weighted by Gasteiger charge is -2.41. The van der Waals surface area contributed by atoms with Crippen LogP contribution in [0.5, 0.6) is 0 Å². The first-order valence-electron chi connectivity index (χ1n) is 6.49. The van der Waals surface area contributed by atoms with E-state index in [1.54, 1.807) is 4.90 Å². The number of carbonyl (C=O) groups excluding carboxylic acids is 1. The van der Waals surface area contributed by atoms with Crippen LogP contribution < -0.4 is 0 Å². The maximum Gasteiger partial charge on any atom is 0.410 e. The number of aliphatic hydroxyl groups is 1. The molecule has 0 radical (unpaired) electrons. The van der Waals surface area contributed by atoms with Crippen LogP contribution in [0.4, 0.5) is 4.79 Å². The summed E-state index contributed by atoms with van der Waals surface area (Å²) in [5.41, 5.74) is -0.441. The van der Waals surface area contributed by atoms with Crippen molar-refractivity contribution in [3.05, 3.63) is 0 Å². The van der Waals surface area contributed by atoms with Crippen molar-refractivity contribution in [1.29, 1.82) is 0 Å². The molecule has 1 amide bonds. The zero-order chi connectivity index (χ0) is 13.1. The molecule has 1 N–H and O–H groups in total. The van der Waals surface area contributed by atoms with Crippen molar-refractivity contribution in [3.8, 4) is 0 Å². The predicted molar refractivity (Wildman–Crippen MR) is 66.8 cm³/mol. The second-order valence-electron chi connectivity index (χ2n) is 5.85. The Morgan fingerprint density at radius 3 is 2.53 bits per heavy atom. The minimum atomic E-state index is -0.441. The van der Waals surface area contributed by atoms with E-state index in [4.69, 9.17) is 4.74 Å². The topological polar surface area (TPSA) is 49.8 Å². The van der Waals surface area contributed by atoms with Crippen molar-refractivity contribution in [1.82, 2.24) is 4.90 Å². The number of nitrogens with zero attached hydrogens (tertiary/aromatic N) is 1. The lowest BCUT2D eigenvalue weighted by atomic mass is 9.91. The van der Waals surface area contributed by atoms with E-state index in [0.29, 0.717) is 13.1 Å². The first-order chi connectivity index (χ1) is 7.83. The molecule has 1 rings (SSSR count). The zero-order valence-electron chi connectivity index (χ0n) is 11.4. The lowest BCUT2D eigenvalue weighted by Crippen LogP contribution is -2.55. The highest BCUT2D eigenvalue weighted by atomic mass is 16.6. The van der Waals surface area contributed by atoms with Gasteiger partial charge in [0, 0.05) is 19.0 Å². The van der Waals surface area contributed by atoms with Gasteiger partial charge >= 0.3 is 6.09 Å². The number of aliphatic hydroxyl groups excluding tert-OH is 1.